The van der Waals surface area contributed by atoms with E-state index in [-0.39, 0.29) is 27.7 Å². The number of hydrogen-bond donors (Lipinski definition) is 2. The van der Waals surface area contributed by atoms with Crippen molar-refractivity contribution in [2.45, 2.75) is 131 Å². The number of aliphatic carboxylic acids is 1. The van der Waals surface area contributed by atoms with Gasteiger partial charge in [-0.2, -0.15) is 0 Å². The molecule has 8 heteroatoms. The smallest absolute Gasteiger partial charge is 0.313 e. The lowest BCUT2D eigenvalue weighted by atomic mass is 9.32. The molecule has 12 atom stereocenters. The summed E-state index contributed by atoms with van der Waals surface area (Å²) in [4.78, 5) is 14.4. The molecule has 2 N–H and O–H groups in total. The molecule has 51 heavy (non-hydrogen) atoms. The highest BCUT2D eigenvalue weighted by Gasteiger charge is 2.73. The Morgan fingerprint density at radius 3 is 2.31 bits per heavy atom. The van der Waals surface area contributed by atoms with E-state index in [1.165, 1.54) is 62.5 Å². The van der Waals surface area contributed by atoms with E-state index in [2.05, 4.69) is 70.8 Å². The topological polar surface area (TPSA) is 86.7 Å². The van der Waals surface area contributed by atoms with Crippen LogP contribution in [0, 0.1) is 68.5 Å². The number of hydrogen-bond acceptors (Lipinski definition) is 5. The molecule has 0 aromatic rings. The van der Waals surface area contributed by atoms with Gasteiger partial charge in [0.25, 0.3) is 0 Å². The van der Waals surface area contributed by atoms with Gasteiger partial charge in [0, 0.05) is 37.6 Å². The monoisotopic (exact) mass is 726 g/mol. The van der Waals surface area contributed by atoms with Crippen molar-refractivity contribution in [3.63, 3.8) is 0 Å². The molecule has 6 fully saturated rings. The number of rotatable bonds is 7. The third-order valence-corrected chi connectivity index (χ3v) is 20.1. The zero-order valence-electron chi connectivity index (χ0n) is 32.7. The van der Waals surface area contributed by atoms with Crippen molar-refractivity contribution in [3.8, 4) is 0 Å². The van der Waals surface area contributed by atoms with Crippen LogP contribution in [0.2, 0.25) is 0 Å². The fourth-order valence-corrected chi connectivity index (χ4v) is 16.8. The molecule has 0 radical (unpaired) electrons. The first-order valence-electron chi connectivity index (χ1n) is 20.8. The number of carboxylic acids is 1. The van der Waals surface area contributed by atoms with Crippen LogP contribution >= 0.6 is 0 Å². The van der Waals surface area contributed by atoms with Crippen molar-refractivity contribution in [2.75, 3.05) is 37.7 Å². The second kappa shape index (κ2) is 11.9. The van der Waals surface area contributed by atoms with Gasteiger partial charge in [0.05, 0.1) is 11.5 Å². The van der Waals surface area contributed by atoms with E-state index in [1.807, 2.05) is 0 Å². The molecule has 2 unspecified atom stereocenters. The van der Waals surface area contributed by atoms with Crippen LogP contribution in [0.5, 0.6) is 0 Å². The van der Waals surface area contributed by atoms with E-state index >= 15 is 0 Å². The first kappa shape index (κ1) is 36.7. The van der Waals surface area contributed by atoms with Crippen molar-refractivity contribution in [3.05, 3.63) is 23.3 Å². The molecule has 286 valence electrons. The van der Waals surface area contributed by atoms with Crippen molar-refractivity contribution < 1.29 is 22.7 Å². The minimum absolute atomic E-state index is 0.0276. The maximum atomic E-state index is 14.9. The molecule has 1 aliphatic heterocycles. The minimum atomic E-state index is -2.86. The van der Waals surface area contributed by atoms with Gasteiger partial charge in [0.1, 0.15) is 11.6 Å². The fraction of sp³-hybridized carbons (Fsp3) is 0.884. The average molecular weight is 727 g/mol. The summed E-state index contributed by atoms with van der Waals surface area (Å²) in [7, 11) is -2.86. The number of halogens is 1. The normalized spacial score (nSPS) is 49.8. The lowest BCUT2D eigenvalue weighted by Crippen LogP contribution is -2.68. The predicted molar refractivity (Wildman–Crippen MR) is 202 cm³/mol. The third-order valence-electron chi connectivity index (χ3n) is 18.5. The number of allylic oxidation sites excluding steroid dienone is 4. The van der Waals surface area contributed by atoms with Crippen molar-refractivity contribution >= 4 is 15.8 Å². The Morgan fingerprint density at radius 2 is 1.65 bits per heavy atom. The van der Waals surface area contributed by atoms with Gasteiger partial charge in [-0.25, -0.2) is 12.8 Å². The molecule has 0 bridgehead atoms. The molecule has 5 saturated carbocycles. The van der Waals surface area contributed by atoms with E-state index in [9.17, 15) is 22.7 Å². The summed E-state index contributed by atoms with van der Waals surface area (Å²) in [6.07, 6.45) is 15.6. The van der Waals surface area contributed by atoms with Gasteiger partial charge in [0.2, 0.25) is 0 Å². The number of carboxylic acid groups (broad SMARTS) is 1. The van der Waals surface area contributed by atoms with Crippen molar-refractivity contribution in [1.82, 2.24) is 10.2 Å². The highest BCUT2D eigenvalue weighted by molar-refractivity contribution is 7.91. The summed E-state index contributed by atoms with van der Waals surface area (Å²) in [5.41, 5.74) is 2.39. The van der Waals surface area contributed by atoms with Gasteiger partial charge < -0.3 is 15.3 Å². The molecule has 1 heterocycles. The summed E-state index contributed by atoms with van der Waals surface area (Å²) in [5, 5.41) is 14.1. The van der Waals surface area contributed by atoms with E-state index in [1.54, 1.807) is 0 Å². The third kappa shape index (κ3) is 5.09. The zero-order valence-corrected chi connectivity index (χ0v) is 33.5. The Morgan fingerprint density at radius 1 is 0.922 bits per heavy atom. The van der Waals surface area contributed by atoms with Crippen LogP contribution in [0.25, 0.3) is 0 Å². The molecular weight excluding hydrogens is 660 g/mol. The van der Waals surface area contributed by atoms with Crippen molar-refractivity contribution in [1.29, 1.82) is 0 Å². The van der Waals surface area contributed by atoms with Gasteiger partial charge in [-0.3, -0.25) is 4.79 Å². The van der Waals surface area contributed by atoms with Gasteiger partial charge >= 0.3 is 5.97 Å². The number of alkyl halides is 1. The summed E-state index contributed by atoms with van der Waals surface area (Å²) in [6.45, 7) is 21.1. The Hall–Kier alpha value is -1.25. The standard InChI is InChI=1S/C43H67FN2O4S/c1-27(2)29-11-16-42(45-20-21-46-22-24-51(49,50)25-23-46)19-18-40(6)31(35(29)42)8-9-34-39(5)14-12-30(38(3,4)33(39)13-15-41(34,40)7)28-10-17-43(37(47)48)32(26-28)36(43)44/h10,12,27,29,31-36,45H,8-9,11,13-26H2,1-7H3,(H,47,48)/t29-,31+,32?,33-,34+,35+,36?,39-,40+,41+,42-,43+/m0/s1. The largest absolute Gasteiger partial charge is 0.481 e. The average Bonchev–Trinajstić information content (AvgIpc) is 3.47. The van der Waals surface area contributed by atoms with E-state index in [4.69, 9.17) is 0 Å². The number of nitrogens with one attached hydrogen (secondary N) is 1. The van der Waals surface area contributed by atoms with Gasteiger partial charge in [-0.15, -0.1) is 0 Å². The maximum Gasteiger partial charge on any atom is 0.313 e. The van der Waals surface area contributed by atoms with E-state index in [0.717, 1.165) is 25.4 Å². The quantitative estimate of drug-likeness (QED) is 0.276. The van der Waals surface area contributed by atoms with Crippen LogP contribution in [0.4, 0.5) is 4.39 Å². The van der Waals surface area contributed by atoms with Gasteiger partial charge in [0.15, 0.2) is 9.84 Å². The Balaban J connectivity index is 1.04. The fourth-order valence-electron chi connectivity index (χ4n) is 15.5. The molecule has 7 aliphatic carbocycles. The second-order valence-electron chi connectivity index (χ2n) is 20.8. The molecular formula is C43H67FN2O4S. The molecule has 1 saturated heterocycles. The highest BCUT2D eigenvalue weighted by Crippen LogP contribution is 2.77. The highest BCUT2D eigenvalue weighted by atomic mass is 32.2. The van der Waals surface area contributed by atoms with Crippen LogP contribution < -0.4 is 5.32 Å². The molecule has 0 aromatic carbocycles. The molecule has 0 spiro atoms. The SMILES string of the molecule is CC(C)[C@@H]1CC[C@]2(NCCN3CCS(=O)(=O)CC3)CC[C@]3(C)[C@H](CC[C@@H]4[C@@]5(C)CC=C(C6=CC[C@]7(C(=O)O)C(F)C7C6)C(C)(C)[C@@H]5CC[C@]43C)[C@@H]12. The van der Waals surface area contributed by atoms with E-state index in [0.29, 0.717) is 72.4 Å². The first-order valence-corrected chi connectivity index (χ1v) is 22.6. The Labute approximate surface area is 308 Å². The van der Waals surface area contributed by atoms with Crippen LogP contribution in [-0.2, 0) is 14.6 Å². The molecule has 8 rings (SSSR count). The summed E-state index contributed by atoms with van der Waals surface area (Å²) < 4.78 is 39.0. The number of fused-ring (bicyclic) bond motifs is 8. The van der Waals surface area contributed by atoms with Crippen LogP contribution in [0.15, 0.2) is 23.3 Å². The molecule has 6 nitrogen and oxygen atoms in total. The summed E-state index contributed by atoms with van der Waals surface area (Å²) >= 11 is 0. The molecule has 8 aliphatic rings. The van der Waals surface area contributed by atoms with Gasteiger partial charge in [-0.05, 0) is 139 Å². The first-order chi connectivity index (χ1) is 23.9. The van der Waals surface area contributed by atoms with Crippen molar-refractivity contribution in [2.24, 2.45) is 68.5 Å². The van der Waals surface area contributed by atoms with Crippen LogP contribution in [0.3, 0.4) is 0 Å². The molecule has 0 aromatic heterocycles. The maximum absolute atomic E-state index is 14.9. The lowest BCUT2D eigenvalue weighted by Gasteiger charge is -2.72. The summed E-state index contributed by atoms with van der Waals surface area (Å²) in [6, 6.07) is 0. The van der Waals surface area contributed by atoms with Gasteiger partial charge in [-0.1, -0.05) is 60.6 Å². The Bertz CT molecular complexity index is 1610. The number of sulfone groups is 1. The zero-order chi connectivity index (χ0) is 36.6. The predicted octanol–water partition coefficient (Wildman–Crippen LogP) is 8.09. The van der Waals surface area contributed by atoms with Crippen LogP contribution in [-0.4, -0.2) is 73.8 Å². The lowest BCUT2D eigenvalue weighted by molar-refractivity contribution is -0.223. The van der Waals surface area contributed by atoms with E-state index < -0.39 is 27.4 Å². The number of nitrogens with zero attached hydrogens (tertiary/aromatic N) is 1. The second-order valence-corrected chi connectivity index (χ2v) is 23.1. The van der Waals surface area contributed by atoms with Crippen LogP contribution in [0.1, 0.15) is 119 Å². The minimum Gasteiger partial charge on any atom is -0.481 e. The summed E-state index contributed by atoms with van der Waals surface area (Å²) in [5.74, 6) is 3.31. The number of carbonyl (C=O) groups is 1. The molecule has 0 amide bonds. The Kier molecular flexibility index (Phi) is 8.55.